The summed E-state index contributed by atoms with van der Waals surface area (Å²) >= 11 is 0. The van der Waals surface area contributed by atoms with Crippen LogP contribution in [0.4, 0.5) is 11.5 Å². The maximum Gasteiger partial charge on any atom is 0.303 e. The van der Waals surface area contributed by atoms with E-state index in [0.717, 1.165) is 0 Å². The number of nitriles is 1. The Labute approximate surface area is 155 Å². The monoisotopic (exact) mass is 365 g/mol. The van der Waals surface area contributed by atoms with Crippen molar-refractivity contribution in [2.24, 2.45) is 10.2 Å². The molecule has 0 amide bonds. The predicted molar refractivity (Wildman–Crippen MR) is 99.1 cm³/mol. The van der Waals surface area contributed by atoms with Gasteiger partial charge in [0.1, 0.15) is 11.6 Å². The maximum absolute atomic E-state index is 12.7. The van der Waals surface area contributed by atoms with Crippen molar-refractivity contribution in [3.63, 3.8) is 0 Å². The van der Waals surface area contributed by atoms with Crippen LogP contribution in [0.25, 0.3) is 5.69 Å². The molecule has 0 aliphatic heterocycles. The SMILES string of the molecule is COc1[nH]n(-c2ccccc2)c(=O)c1N=Nc1n[nH]c(C(C)(C)C)c1C#N. The molecular formula is C18H19N7O2. The third-order valence-corrected chi connectivity index (χ3v) is 3.91. The van der Waals surface area contributed by atoms with Gasteiger partial charge in [-0.25, -0.2) is 4.68 Å². The highest BCUT2D eigenvalue weighted by Gasteiger charge is 2.24. The smallest absolute Gasteiger partial charge is 0.303 e. The summed E-state index contributed by atoms with van der Waals surface area (Å²) in [7, 11) is 1.42. The number of methoxy groups -OCH3 is 1. The Bertz CT molecular complexity index is 1080. The standard InChI is InChI=1S/C18H19N7O2/c1-18(2,3)14-12(10-19)15(23-21-14)22-20-13-16(27-4)24-25(17(13)26)11-8-6-5-7-9-11/h5-9,24H,1-4H3,(H,21,23). The molecule has 0 radical (unpaired) electrons. The minimum absolute atomic E-state index is 0.00875. The van der Waals surface area contributed by atoms with Gasteiger partial charge in [0.15, 0.2) is 0 Å². The van der Waals surface area contributed by atoms with Crippen molar-refractivity contribution in [2.75, 3.05) is 7.11 Å². The molecule has 1 aromatic carbocycles. The molecule has 0 bridgehead atoms. The average Bonchev–Trinajstić information content (AvgIpc) is 3.21. The summed E-state index contributed by atoms with van der Waals surface area (Å²) in [6.45, 7) is 5.86. The second-order valence-electron chi connectivity index (χ2n) is 6.83. The molecule has 0 saturated heterocycles. The molecule has 0 unspecified atom stereocenters. The molecule has 2 N–H and O–H groups in total. The van der Waals surface area contributed by atoms with Gasteiger partial charge in [-0.15, -0.1) is 10.2 Å². The highest BCUT2D eigenvalue weighted by atomic mass is 16.5. The number of hydrogen-bond acceptors (Lipinski definition) is 6. The zero-order valence-electron chi connectivity index (χ0n) is 15.4. The molecule has 0 spiro atoms. The van der Waals surface area contributed by atoms with Crippen molar-refractivity contribution >= 4 is 11.5 Å². The quantitative estimate of drug-likeness (QED) is 0.687. The van der Waals surface area contributed by atoms with Crippen LogP contribution in [0.5, 0.6) is 5.88 Å². The fourth-order valence-electron chi connectivity index (χ4n) is 2.55. The van der Waals surface area contributed by atoms with Crippen LogP contribution in [-0.2, 0) is 5.41 Å². The zero-order valence-corrected chi connectivity index (χ0v) is 15.4. The van der Waals surface area contributed by atoms with E-state index in [1.54, 1.807) is 12.1 Å². The van der Waals surface area contributed by atoms with Crippen LogP contribution in [-0.4, -0.2) is 27.1 Å². The Morgan fingerprint density at radius 1 is 1.22 bits per heavy atom. The van der Waals surface area contributed by atoms with Crippen LogP contribution in [0.15, 0.2) is 45.4 Å². The first-order valence-electron chi connectivity index (χ1n) is 8.22. The second-order valence-corrected chi connectivity index (χ2v) is 6.83. The number of nitrogens with one attached hydrogen (secondary N) is 2. The molecule has 2 heterocycles. The van der Waals surface area contributed by atoms with E-state index in [9.17, 15) is 10.1 Å². The summed E-state index contributed by atoms with van der Waals surface area (Å²) in [4.78, 5) is 12.7. The third-order valence-electron chi connectivity index (χ3n) is 3.91. The second kappa shape index (κ2) is 6.92. The van der Waals surface area contributed by atoms with E-state index in [-0.39, 0.29) is 22.8 Å². The van der Waals surface area contributed by atoms with Gasteiger partial charge in [-0.3, -0.25) is 15.0 Å². The molecule has 0 fully saturated rings. The summed E-state index contributed by atoms with van der Waals surface area (Å²) < 4.78 is 6.52. The molecule has 2 aromatic heterocycles. The van der Waals surface area contributed by atoms with Crippen LogP contribution in [0, 0.1) is 11.3 Å². The largest absolute Gasteiger partial charge is 0.480 e. The fourth-order valence-corrected chi connectivity index (χ4v) is 2.55. The molecule has 27 heavy (non-hydrogen) atoms. The van der Waals surface area contributed by atoms with Gasteiger partial charge < -0.3 is 4.74 Å². The lowest BCUT2D eigenvalue weighted by Crippen LogP contribution is -2.13. The Balaban J connectivity index is 2.05. The summed E-state index contributed by atoms with van der Waals surface area (Å²) in [5.41, 5.74) is 0.843. The zero-order chi connectivity index (χ0) is 19.6. The summed E-state index contributed by atoms with van der Waals surface area (Å²) in [5.74, 6) is 0.286. The Morgan fingerprint density at radius 2 is 1.93 bits per heavy atom. The minimum Gasteiger partial charge on any atom is -0.480 e. The molecule has 3 rings (SSSR count). The van der Waals surface area contributed by atoms with E-state index in [2.05, 4.69) is 31.6 Å². The van der Waals surface area contributed by atoms with Gasteiger partial charge in [0, 0.05) is 5.41 Å². The van der Waals surface area contributed by atoms with Crippen LogP contribution in [0.3, 0.4) is 0 Å². The molecule has 9 nitrogen and oxygen atoms in total. The van der Waals surface area contributed by atoms with Crippen molar-refractivity contribution in [1.29, 1.82) is 5.26 Å². The summed E-state index contributed by atoms with van der Waals surface area (Å²) in [5, 5.41) is 27.2. The Kier molecular flexibility index (Phi) is 4.64. The van der Waals surface area contributed by atoms with E-state index in [1.165, 1.54) is 11.8 Å². The average molecular weight is 365 g/mol. The number of benzene rings is 1. The summed E-state index contributed by atoms with van der Waals surface area (Å²) in [6.07, 6.45) is 0. The third kappa shape index (κ3) is 3.37. The summed E-state index contributed by atoms with van der Waals surface area (Å²) in [6, 6.07) is 11.1. The number of azo groups is 1. The number of H-pyrrole nitrogens is 2. The van der Waals surface area contributed by atoms with Crippen molar-refractivity contribution in [2.45, 2.75) is 26.2 Å². The number of ether oxygens (including phenoxy) is 1. The molecular weight excluding hydrogens is 346 g/mol. The number of aromatic nitrogens is 4. The van der Waals surface area contributed by atoms with E-state index in [4.69, 9.17) is 4.74 Å². The molecule has 3 aromatic rings. The Hall–Kier alpha value is -3.67. The van der Waals surface area contributed by atoms with E-state index < -0.39 is 5.56 Å². The van der Waals surface area contributed by atoms with Crippen LogP contribution >= 0.6 is 0 Å². The van der Waals surface area contributed by atoms with Crippen molar-refractivity contribution < 1.29 is 4.74 Å². The Morgan fingerprint density at radius 3 is 2.52 bits per heavy atom. The predicted octanol–water partition coefficient (Wildman–Crippen LogP) is 3.48. The highest BCUT2D eigenvalue weighted by molar-refractivity contribution is 5.53. The molecule has 138 valence electrons. The molecule has 0 aliphatic rings. The molecule has 9 heteroatoms. The first-order chi connectivity index (χ1) is 12.9. The van der Waals surface area contributed by atoms with Crippen molar-refractivity contribution in [3.8, 4) is 17.6 Å². The van der Waals surface area contributed by atoms with Crippen LogP contribution in [0.1, 0.15) is 32.0 Å². The van der Waals surface area contributed by atoms with Gasteiger partial charge in [-0.2, -0.15) is 10.4 Å². The normalized spacial score (nSPS) is 11.7. The van der Waals surface area contributed by atoms with Gasteiger partial charge in [-0.1, -0.05) is 39.0 Å². The lowest BCUT2D eigenvalue weighted by molar-refractivity contribution is 0.395. The maximum atomic E-state index is 12.7. The van der Waals surface area contributed by atoms with Gasteiger partial charge in [0.25, 0.3) is 0 Å². The molecule has 0 saturated carbocycles. The van der Waals surface area contributed by atoms with E-state index in [1.807, 2.05) is 39.0 Å². The fraction of sp³-hybridized carbons (Fsp3) is 0.278. The van der Waals surface area contributed by atoms with Gasteiger partial charge in [-0.05, 0) is 12.1 Å². The highest BCUT2D eigenvalue weighted by Crippen LogP contribution is 2.30. The number of aromatic amines is 2. The van der Waals surface area contributed by atoms with Crippen LogP contribution < -0.4 is 10.3 Å². The first-order valence-corrected chi connectivity index (χ1v) is 8.22. The number of hydrogen-bond donors (Lipinski definition) is 2. The van der Waals surface area contributed by atoms with Gasteiger partial charge in [0.05, 0.1) is 18.5 Å². The molecule has 0 aliphatic carbocycles. The van der Waals surface area contributed by atoms with Crippen molar-refractivity contribution in [3.05, 3.63) is 51.9 Å². The molecule has 0 atom stereocenters. The number of nitrogens with zero attached hydrogens (tertiary/aromatic N) is 5. The topological polar surface area (TPSA) is 124 Å². The van der Waals surface area contributed by atoms with E-state index >= 15 is 0 Å². The van der Waals surface area contributed by atoms with Crippen molar-refractivity contribution in [1.82, 2.24) is 20.0 Å². The van der Waals surface area contributed by atoms with Crippen LogP contribution in [0.2, 0.25) is 0 Å². The van der Waals surface area contributed by atoms with Gasteiger partial charge in [0.2, 0.25) is 17.4 Å². The minimum atomic E-state index is -0.424. The number of rotatable bonds is 4. The lowest BCUT2D eigenvalue weighted by atomic mass is 9.90. The lowest BCUT2D eigenvalue weighted by Gasteiger charge is -2.15. The number of para-hydroxylation sites is 1. The van der Waals surface area contributed by atoms with E-state index in [0.29, 0.717) is 16.9 Å². The van der Waals surface area contributed by atoms with Gasteiger partial charge >= 0.3 is 5.56 Å². The first kappa shape index (κ1) is 18.1.